The summed E-state index contributed by atoms with van der Waals surface area (Å²) < 4.78 is 7.32. The molecule has 0 heterocycles. The first-order valence-corrected chi connectivity index (χ1v) is 7.44. The van der Waals surface area contributed by atoms with E-state index in [1.807, 2.05) is 0 Å². The number of methoxy groups -OCH3 is 1. The minimum atomic E-state index is 0.393. The molecule has 0 bridgehead atoms. The van der Waals surface area contributed by atoms with Gasteiger partial charge in [-0.15, -0.1) is 0 Å². The minimum absolute atomic E-state index is 0.393. The number of hydrogen-bond acceptors (Lipinski definition) is 2. The predicted octanol–water partition coefficient (Wildman–Crippen LogP) is 4.29. The van der Waals surface area contributed by atoms with Gasteiger partial charge in [-0.1, -0.05) is 38.8 Å². The van der Waals surface area contributed by atoms with Gasteiger partial charge in [-0.25, -0.2) is 0 Å². The second-order valence-corrected chi connectivity index (χ2v) is 5.78. The Morgan fingerprint density at radius 2 is 1.88 bits per heavy atom. The summed E-state index contributed by atoms with van der Waals surface area (Å²) in [7, 11) is 1.75. The molecule has 1 rings (SSSR count). The largest absolute Gasteiger partial charge is 0.385 e. The Labute approximate surface area is 120 Å². The molecule has 4 heteroatoms. The van der Waals surface area contributed by atoms with Gasteiger partial charge in [-0.2, -0.15) is 0 Å². The molecular weight excluding hydrogens is 346 g/mol. The van der Waals surface area contributed by atoms with Gasteiger partial charge in [0.15, 0.2) is 0 Å². The van der Waals surface area contributed by atoms with E-state index in [0.29, 0.717) is 6.04 Å². The monoisotopic (exact) mass is 363 g/mol. The van der Waals surface area contributed by atoms with Gasteiger partial charge in [0.25, 0.3) is 0 Å². The maximum Gasteiger partial charge on any atom is 0.0462 e. The molecule has 0 saturated heterocycles. The molecule has 17 heavy (non-hydrogen) atoms. The molecule has 0 fully saturated rings. The second-order valence-electron chi connectivity index (χ2n) is 3.95. The zero-order valence-electron chi connectivity index (χ0n) is 10.3. The Morgan fingerprint density at radius 3 is 2.41 bits per heavy atom. The Hall–Kier alpha value is 0.1000. The van der Waals surface area contributed by atoms with Crippen LogP contribution in [0, 0.1) is 0 Å². The third kappa shape index (κ3) is 5.51. The first kappa shape index (κ1) is 15.2. The molecule has 0 aliphatic heterocycles. The van der Waals surface area contributed by atoms with Gasteiger partial charge in [0.1, 0.15) is 0 Å². The van der Waals surface area contributed by atoms with Crippen molar-refractivity contribution >= 4 is 31.9 Å². The number of benzene rings is 1. The van der Waals surface area contributed by atoms with E-state index in [1.54, 1.807) is 7.11 Å². The van der Waals surface area contributed by atoms with E-state index >= 15 is 0 Å². The van der Waals surface area contributed by atoms with Crippen LogP contribution in [-0.4, -0.2) is 20.3 Å². The van der Waals surface area contributed by atoms with Gasteiger partial charge in [0, 0.05) is 28.7 Å². The number of halogens is 2. The lowest BCUT2D eigenvalue weighted by molar-refractivity contribution is 0.189. The molecule has 0 amide bonds. The van der Waals surface area contributed by atoms with Crippen LogP contribution in [-0.2, 0) is 4.74 Å². The van der Waals surface area contributed by atoms with Crippen LogP contribution in [0.3, 0.4) is 0 Å². The molecular formula is C13H19Br2NO. The molecule has 0 aromatic heterocycles. The molecule has 1 aromatic carbocycles. The number of hydrogen-bond donors (Lipinski definition) is 1. The lowest BCUT2D eigenvalue weighted by atomic mass is 10.0. The van der Waals surface area contributed by atoms with Crippen molar-refractivity contribution in [2.24, 2.45) is 0 Å². The van der Waals surface area contributed by atoms with E-state index in [1.165, 1.54) is 5.56 Å². The summed E-state index contributed by atoms with van der Waals surface area (Å²) >= 11 is 7.06. The Balaban J connectivity index is 2.73. The van der Waals surface area contributed by atoms with Crippen molar-refractivity contribution in [2.75, 3.05) is 20.3 Å². The summed E-state index contributed by atoms with van der Waals surface area (Å²) in [5.41, 5.74) is 1.31. The lowest BCUT2D eigenvalue weighted by Gasteiger charge is -2.19. The average Bonchev–Trinajstić information content (AvgIpc) is 2.27. The van der Waals surface area contributed by atoms with Crippen LogP contribution < -0.4 is 5.32 Å². The molecule has 2 nitrogen and oxygen atoms in total. The fraction of sp³-hybridized carbons (Fsp3) is 0.538. The zero-order valence-corrected chi connectivity index (χ0v) is 13.5. The van der Waals surface area contributed by atoms with Crippen molar-refractivity contribution < 1.29 is 4.74 Å². The van der Waals surface area contributed by atoms with Crippen LogP contribution in [0.1, 0.15) is 31.4 Å². The summed E-state index contributed by atoms with van der Waals surface area (Å²) in [6.45, 7) is 3.93. The smallest absolute Gasteiger partial charge is 0.0462 e. The first-order valence-electron chi connectivity index (χ1n) is 5.85. The molecule has 0 spiro atoms. The third-order valence-corrected chi connectivity index (χ3v) is 3.49. The fourth-order valence-corrected chi connectivity index (χ4v) is 3.17. The normalized spacial score (nSPS) is 12.7. The topological polar surface area (TPSA) is 21.3 Å². The maximum atomic E-state index is 5.11. The molecule has 1 unspecified atom stereocenters. The van der Waals surface area contributed by atoms with Crippen LogP contribution in [0.15, 0.2) is 27.1 Å². The zero-order chi connectivity index (χ0) is 12.7. The van der Waals surface area contributed by atoms with Crippen LogP contribution >= 0.6 is 31.9 Å². The van der Waals surface area contributed by atoms with Crippen molar-refractivity contribution in [1.82, 2.24) is 5.32 Å². The summed E-state index contributed by atoms with van der Waals surface area (Å²) in [4.78, 5) is 0. The second kappa shape index (κ2) is 8.25. The average molecular weight is 365 g/mol. The van der Waals surface area contributed by atoms with Gasteiger partial charge >= 0.3 is 0 Å². The van der Waals surface area contributed by atoms with Crippen LogP contribution in [0.2, 0.25) is 0 Å². The third-order valence-electron chi connectivity index (χ3n) is 2.58. The summed E-state index contributed by atoms with van der Waals surface area (Å²) in [6.07, 6.45) is 2.16. The van der Waals surface area contributed by atoms with Crippen molar-refractivity contribution in [3.63, 3.8) is 0 Å². The lowest BCUT2D eigenvalue weighted by Crippen LogP contribution is -2.21. The highest BCUT2D eigenvalue weighted by atomic mass is 79.9. The highest BCUT2D eigenvalue weighted by molar-refractivity contribution is 9.11. The van der Waals surface area contributed by atoms with E-state index < -0.39 is 0 Å². The van der Waals surface area contributed by atoms with Crippen molar-refractivity contribution in [3.8, 4) is 0 Å². The molecule has 0 aliphatic rings. The van der Waals surface area contributed by atoms with Gasteiger partial charge < -0.3 is 10.1 Å². The highest BCUT2D eigenvalue weighted by Crippen LogP contribution is 2.26. The Kier molecular flexibility index (Phi) is 7.35. The molecule has 0 radical (unpaired) electrons. The van der Waals surface area contributed by atoms with E-state index in [4.69, 9.17) is 4.74 Å². The van der Waals surface area contributed by atoms with Crippen LogP contribution in [0.5, 0.6) is 0 Å². The van der Waals surface area contributed by atoms with E-state index in [9.17, 15) is 0 Å². The predicted molar refractivity (Wildman–Crippen MR) is 79.4 cm³/mol. The van der Waals surface area contributed by atoms with E-state index in [0.717, 1.165) is 34.9 Å². The van der Waals surface area contributed by atoms with Gasteiger partial charge in [0.05, 0.1) is 0 Å². The Morgan fingerprint density at radius 1 is 1.24 bits per heavy atom. The summed E-state index contributed by atoms with van der Waals surface area (Å²) in [5, 5.41) is 3.52. The highest BCUT2D eigenvalue weighted by Gasteiger charge is 2.11. The number of ether oxygens (including phenoxy) is 1. The number of rotatable bonds is 7. The Bertz CT molecular complexity index is 324. The standard InChI is InChI=1S/C13H19Br2NO/c1-3-16-13(5-4-6-17-2)10-7-11(14)9-12(15)8-10/h7-9,13,16H,3-6H2,1-2H3. The summed E-state index contributed by atoms with van der Waals surface area (Å²) in [6, 6.07) is 6.79. The molecule has 1 N–H and O–H groups in total. The first-order chi connectivity index (χ1) is 8.17. The van der Waals surface area contributed by atoms with Gasteiger partial charge in [-0.05, 0) is 43.1 Å². The summed E-state index contributed by atoms with van der Waals surface area (Å²) in [5.74, 6) is 0. The molecule has 0 saturated carbocycles. The maximum absolute atomic E-state index is 5.11. The molecule has 1 atom stereocenters. The molecule has 1 aromatic rings. The van der Waals surface area contributed by atoms with Crippen LogP contribution in [0.4, 0.5) is 0 Å². The van der Waals surface area contributed by atoms with Crippen LogP contribution in [0.25, 0.3) is 0 Å². The van der Waals surface area contributed by atoms with Gasteiger partial charge in [-0.3, -0.25) is 0 Å². The van der Waals surface area contributed by atoms with Crippen molar-refractivity contribution in [3.05, 3.63) is 32.7 Å². The molecule has 96 valence electrons. The number of nitrogens with one attached hydrogen (secondary N) is 1. The fourth-order valence-electron chi connectivity index (χ4n) is 1.84. The SMILES string of the molecule is CCNC(CCCOC)c1cc(Br)cc(Br)c1. The quantitative estimate of drug-likeness (QED) is 0.728. The van der Waals surface area contributed by atoms with Crippen molar-refractivity contribution in [2.45, 2.75) is 25.8 Å². The van der Waals surface area contributed by atoms with E-state index in [-0.39, 0.29) is 0 Å². The van der Waals surface area contributed by atoms with E-state index in [2.05, 4.69) is 62.3 Å². The van der Waals surface area contributed by atoms with Gasteiger partial charge in [0.2, 0.25) is 0 Å². The van der Waals surface area contributed by atoms with Crippen molar-refractivity contribution in [1.29, 1.82) is 0 Å². The minimum Gasteiger partial charge on any atom is -0.385 e. The molecule has 0 aliphatic carbocycles.